The van der Waals surface area contributed by atoms with Crippen molar-refractivity contribution in [2.24, 2.45) is 0 Å². The molecule has 158 valence electrons. The Hall–Kier alpha value is -2.91. The number of hydrogen-bond acceptors (Lipinski definition) is 5. The minimum absolute atomic E-state index is 0.0202. The van der Waals surface area contributed by atoms with Crippen LogP contribution in [0.3, 0.4) is 0 Å². The highest BCUT2D eigenvalue weighted by Gasteiger charge is 2.50. The summed E-state index contributed by atoms with van der Waals surface area (Å²) in [4.78, 5) is 39.5. The lowest BCUT2D eigenvalue weighted by Gasteiger charge is -2.23. The molecule has 1 saturated heterocycles. The molecule has 1 atom stereocenters. The number of urea groups is 1. The fourth-order valence-electron chi connectivity index (χ4n) is 3.22. The Morgan fingerprint density at radius 3 is 2.40 bits per heavy atom. The molecule has 0 saturated carbocycles. The summed E-state index contributed by atoms with van der Waals surface area (Å²) in [5.41, 5.74) is 2.76. The Morgan fingerprint density at radius 1 is 1.17 bits per heavy atom. The lowest BCUT2D eigenvalue weighted by atomic mass is 9.92. The number of hydrazine groups is 1. The summed E-state index contributed by atoms with van der Waals surface area (Å²) in [5.74, 6) is -0.378. The molecule has 1 heterocycles. The van der Waals surface area contributed by atoms with Crippen LogP contribution in [0.25, 0.3) is 0 Å². The van der Waals surface area contributed by atoms with Crippen LogP contribution in [0.4, 0.5) is 4.79 Å². The van der Waals surface area contributed by atoms with Crippen LogP contribution in [-0.2, 0) is 21.7 Å². The van der Waals surface area contributed by atoms with Crippen molar-refractivity contribution in [1.29, 1.82) is 0 Å². The second kappa shape index (κ2) is 8.85. The van der Waals surface area contributed by atoms with Gasteiger partial charge in [-0.3, -0.25) is 19.9 Å². The minimum atomic E-state index is -1.28. The number of halogens is 1. The second-order valence-corrected chi connectivity index (χ2v) is 8.17. The van der Waals surface area contributed by atoms with E-state index in [4.69, 9.17) is 4.74 Å². The van der Waals surface area contributed by atoms with Gasteiger partial charge in [-0.2, -0.15) is 5.01 Å². The van der Waals surface area contributed by atoms with E-state index < -0.39 is 23.4 Å². The zero-order chi connectivity index (χ0) is 21.9. The van der Waals surface area contributed by atoms with Gasteiger partial charge in [0, 0.05) is 11.0 Å². The third-order valence-electron chi connectivity index (χ3n) is 4.87. The smallest absolute Gasteiger partial charge is 0.344 e. The Bertz CT molecular complexity index is 948. The number of nitrogens with zero attached hydrogens (tertiary/aromatic N) is 2. The summed E-state index contributed by atoms with van der Waals surface area (Å²) in [7, 11) is 3.33. The van der Waals surface area contributed by atoms with Gasteiger partial charge < -0.3 is 10.1 Å². The number of ether oxygens (including phenoxy) is 1. The van der Waals surface area contributed by atoms with Gasteiger partial charge in [-0.25, -0.2) is 4.79 Å². The molecule has 1 fully saturated rings. The lowest BCUT2D eigenvalue weighted by molar-refractivity contribution is -0.139. The van der Waals surface area contributed by atoms with E-state index in [0.717, 1.165) is 15.0 Å². The summed E-state index contributed by atoms with van der Waals surface area (Å²) in [5, 5.41) is 3.39. The molecule has 8 nitrogen and oxygen atoms in total. The largest absolute Gasteiger partial charge is 0.497 e. The Morgan fingerprint density at radius 2 is 1.80 bits per heavy atom. The average molecular weight is 475 g/mol. The van der Waals surface area contributed by atoms with Crippen molar-refractivity contribution in [2.75, 3.05) is 20.7 Å². The molecule has 1 unspecified atom stereocenters. The molecule has 30 heavy (non-hydrogen) atoms. The van der Waals surface area contributed by atoms with Gasteiger partial charge >= 0.3 is 6.03 Å². The normalized spacial score (nSPS) is 18.5. The number of nitrogens with one attached hydrogen (secondary N) is 2. The van der Waals surface area contributed by atoms with Gasteiger partial charge in [0.15, 0.2) is 0 Å². The van der Waals surface area contributed by atoms with Crippen LogP contribution in [0, 0.1) is 0 Å². The van der Waals surface area contributed by atoms with E-state index in [1.54, 1.807) is 50.2 Å². The number of amides is 4. The quantitative estimate of drug-likeness (QED) is 0.601. The van der Waals surface area contributed by atoms with E-state index in [0.29, 0.717) is 17.9 Å². The summed E-state index contributed by atoms with van der Waals surface area (Å²) in [6.45, 7) is 2.16. The number of benzene rings is 2. The maximum Gasteiger partial charge on any atom is 0.344 e. The zero-order valence-electron chi connectivity index (χ0n) is 16.9. The Kier molecular flexibility index (Phi) is 6.42. The van der Waals surface area contributed by atoms with Crippen molar-refractivity contribution in [1.82, 2.24) is 20.7 Å². The fraction of sp³-hybridized carbons (Fsp3) is 0.286. The second-order valence-electron chi connectivity index (χ2n) is 7.26. The van der Waals surface area contributed by atoms with Crippen molar-refractivity contribution in [2.45, 2.75) is 19.0 Å². The first kappa shape index (κ1) is 21.8. The standard InChI is InChI=1S/C21H23BrN4O4/c1-21(15-6-10-17(30-3)11-7-15)19(28)26(20(29)23-21)24-18(27)13-25(2)12-14-4-8-16(22)9-5-14/h4-11H,12-13H2,1-3H3,(H,23,29)(H,24,27). The average Bonchev–Trinajstić information content (AvgIpc) is 2.93. The van der Waals surface area contributed by atoms with Crippen molar-refractivity contribution < 1.29 is 19.1 Å². The maximum atomic E-state index is 12.9. The number of carbonyl (C=O) groups is 3. The third kappa shape index (κ3) is 4.63. The highest BCUT2D eigenvalue weighted by atomic mass is 79.9. The molecule has 0 bridgehead atoms. The molecule has 3 rings (SSSR count). The van der Waals surface area contributed by atoms with Crippen LogP contribution >= 0.6 is 15.9 Å². The first-order valence-corrected chi connectivity index (χ1v) is 10.1. The third-order valence-corrected chi connectivity index (χ3v) is 5.40. The van der Waals surface area contributed by atoms with Crippen molar-refractivity contribution in [3.05, 3.63) is 64.1 Å². The highest BCUT2D eigenvalue weighted by molar-refractivity contribution is 9.10. The first-order valence-electron chi connectivity index (χ1n) is 9.26. The monoisotopic (exact) mass is 474 g/mol. The van der Waals surface area contributed by atoms with E-state index in [1.807, 2.05) is 24.3 Å². The molecule has 9 heteroatoms. The summed E-state index contributed by atoms with van der Waals surface area (Å²) >= 11 is 3.39. The zero-order valence-corrected chi connectivity index (χ0v) is 18.5. The minimum Gasteiger partial charge on any atom is -0.497 e. The molecule has 2 N–H and O–H groups in total. The van der Waals surface area contributed by atoms with E-state index >= 15 is 0 Å². The van der Waals surface area contributed by atoms with Gasteiger partial charge in [0.25, 0.3) is 11.8 Å². The van der Waals surface area contributed by atoms with Gasteiger partial charge in [-0.05, 0) is 49.4 Å². The van der Waals surface area contributed by atoms with Crippen LogP contribution in [0.1, 0.15) is 18.1 Å². The molecule has 0 radical (unpaired) electrons. The highest BCUT2D eigenvalue weighted by Crippen LogP contribution is 2.29. The SMILES string of the molecule is COc1ccc(C2(C)NC(=O)N(NC(=O)CN(C)Cc3ccc(Br)cc3)C2=O)cc1. The molecule has 1 aliphatic rings. The Labute approximate surface area is 183 Å². The molecule has 0 aromatic heterocycles. The number of rotatable bonds is 7. The predicted molar refractivity (Wildman–Crippen MR) is 114 cm³/mol. The summed E-state index contributed by atoms with van der Waals surface area (Å²) in [6.07, 6.45) is 0. The molecule has 0 aliphatic carbocycles. The molecule has 4 amide bonds. The molecular weight excluding hydrogens is 452 g/mol. The van der Waals surface area contributed by atoms with E-state index in [1.165, 1.54) is 0 Å². The van der Waals surface area contributed by atoms with Crippen LogP contribution < -0.4 is 15.5 Å². The summed E-state index contributed by atoms with van der Waals surface area (Å²) in [6, 6.07) is 13.9. The van der Waals surface area contributed by atoms with Crippen LogP contribution in [0.5, 0.6) is 5.75 Å². The van der Waals surface area contributed by atoms with E-state index in [2.05, 4.69) is 26.7 Å². The van der Waals surface area contributed by atoms with Gasteiger partial charge in [-0.15, -0.1) is 0 Å². The molecule has 1 aliphatic heterocycles. The topological polar surface area (TPSA) is 91.0 Å². The molecule has 2 aromatic rings. The van der Waals surface area contributed by atoms with Gasteiger partial charge in [0.2, 0.25) is 0 Å². The van der Waals surface area contributed by atoms with E-state index in [-0.39, 0.29) is 6.54 Å². The van der Waals surface area contributed by atoms with Gasteiger partial charge in [0.05, 0.1) is 13.7 Å². The fourth-order valence-corrected chi connectivity index (χ4v) is 3.49. The predicted octanol–water partition coefficient (Wildman–Crippen LogP) is 2.39. The maximum absolute atomic E-state index is 12.9. The van der Waals surface area contributed by atoms with Gasteiger partial charge in [0.1, 0.15) is 11.3 Å². The molecule has 2 aromatic carbocycles. The van der Waals surface area contributed by atoms with Crippen LogP contribution in [0.2, 0.25) is 0 Å². The van der Waals surface area contributed by atoms with Crippen LogP contribution in [0.15, 0.2) is 53.0 Å². The number of likely N-dealkylation sites (N-methyl/N-ethyl adjacent to an activating group) is 1. The van der Waals surface area contributed by atoms with Gasteiger partial charge in [-0.1, -0.05) is 40.2 Å². The van der Waals surface area contributed by atoms with Crippen molar-refractivity contribution in [3.63, 3.8) is 0 Å². The molecular formula is C21H23BrN4O4. The van der Waals surface area contributed by atoms with Crippen LogP contribution in [-0.4, -0.2) is 48.5 Å². The number of carbonyl (C=O) groups excluding carboxylic acids is 3. The lowest BCUT2D eigenvalue weighted by Crippen LogP contribution is -2.50. The number of methoxy groups -OCH3 is 1. The first-order chi connectivity index (χ1) is 14.2. The number of hydrogen-bond donors (Lipinski definition) is 2. The Balaban J connectivity index is 1.62. The van der Waals surface area contributed by atoms with E-state index in [9.17, 15) is 14.4 Å². The van der Waals surface area contributed by atoms with Crippen molar-refractivity contribution >= 4 is 33.8 Å². The number of imide groups is 1. The summed E-state index contributed by atoms with van der Waals surface area (Å²) < 4.78 is 6.10. The van der Waals surface area contributed by atoms with Crippen molar-refractivity contribution in [3.8, 4) is 5.75 Å². The molecule has 0 spiro atoms.